The van der Waals surface area contributed by atoms with E-state index < -0.39 is 0 Å². The monoisotopic (exact) mass is 437 g/mol. The summed E-state index contributed by atoms with van der Waals surface area (Å²) in [4.78, 5) is 14.1. The van der Waals surface area contributed by atoms with Gasteiger partial charge in [-0.2, -0.15) is 5.10 Å². The van der Waals surface area contributed by atoms with Crippen molar-refractivity contribution in [3.63, 3.8) is 0 Å². The largest absolute Gasteiger partial charge is 0.320 e. The zero-order valence-electron chi connectivity index (χ0n) is 14.5. The summed E-state index contributed by atoms with van der Waals surface area (Å²) in [6.45, 7) is 2.01. The number of hydrogen-bond donors (Lipinski definition) is 1. The molecule has 1 N–H and O–H groups in total. The van der Waals surface area contributed by atoms with Gasteiger partial charge >= 0.3 is 0 Å². The van der Waals surface area contributed by atoms with E-state index in [0.717, 1.165) is 32.0 Å². The molecule has 0 aliphatic rings. The van der Waals surface area contributed by atoms with Crippen LogP contribution < -0.4 is 5.32 Å². The van der Waals surface area contributed by atoms with Gasteiger partial charge in [-0.25, -0.2) is 4.68 Å². The van der Waals surface area contributed by atoms with Crippen molar-refractivity contribution >= 4 is 38.9 Å². The average Bonchev–Trinajstić information content (AvgIpc) is 3.34. The van der Waals surface area contributed by atoms with E-state index in [4.69, 9.17) is 0 Å². The zero-order valence-corrected chi connectivity index (χ0v) is 16.9. The van der Waals surface area contributed by atoms with Crippen molar-refractivity contribution in [2.75, 3.05) is 5.32 Å². The lowest BCUT2D eigenvalue weighted by Crippen LogP contribution is -2.17. The average molecular weight is 438 g/mol. The van der Waals surface area contributed by atoms with Gasteiger partial charge in [-0.3, -0.25) is 4.79 Å². The summed E-state index contributed by atoms with van der Waals surface area (Å²) in [5.74, 6) is -0.210. The summed E-state index contributed by atoms with van der Waals surface area (Å²) in [5.41, 5.74) is 3.95. The smallest absolute Gasteiger partial charge is 0.274 e. The number of carbonyl (C=O) groups is 1. The Morgan fingerprint density at radius 3 is 2.59 bits per heavy atom. The third-order valence-electron chi connectivity index (χ3n) is 4.09. The van der Waals surface area contributed by atoms with Gasteiger partial charge in [0.2, 0.25) is 0 Å². The number of aromatic nitrogens is 2. The van der Waals surface area contributed by atoms with E-state index in [1.165, 1.54) is 0 Å². The van der Waals surface area contributed by atoms with Gasteiger partial charge in [0.25, 0.3) is 5.91 Å². The highest BCUT2D eigenvalue weighted by Gasteiger charge is 2.19. The highest BCUT2D eigenvalue weighted by molar-refractivity contribution is 9.10. The Bertz CT molecular complexity index is 1090. The topological polar surface area (TPSA) is 46.9 Å². The van der Waals surface area contributed by atoms with Crippen molar-refractivity contribution < 1.29 is 4.79 Å². The molecule has 27 heavy (non-hydrogen) atoms. The number of thiophene rings is 1. The number of halogens is 1. The fourth-order valence-corrected chi connectivity index (χ4v) is 4.04. The van der Waals surface area contributed by atoms with E-state index >= 15 is 0 Å². The third-order valence-corrected chi connectivity index (χ3v) is 5.64. The van der Waals surface area contributed by atoms with Gasteiger partial charge in [-0.1, -0.05) is 30.3 Å². The van der Waals surface area contributed by atoms with Crippen molar-refractivity contribution in [3.05, 3.63) is 87.8 Å². The number of nitrogens with zero attached hydrogens (tertiary/aromatic N) is 2. The lowest BCUT2D eigenvalue weighted by atomic mass is 10.2. The maximum atomic E-state index is 13.0. The van der Waals surface area contributed by atoms with Crippen LogP contribution in [0.5, 0.6) is 0 Å². The fourth-order valence-electron chi connectivity index (χ4n) is 2.76. The van der Waals surface area contributed by atoms with Crippen LogP contribution in [0.25, 0.3) is 16.3 Å². The molecule has 0 fully saturated rings. The molecule has 0 bridgehead atoms. The lowest BCUT2D eigenvalue weighted by molar-refractivity contribution is 0.101. The molecular weight excluding hydrogens is 422 g/mol. The molecule has 4 nitrogen and oxygen atoms in total. The van der Waals surface area contributed by atoms with Crippen LogP contribution in [0, 0.1) is 6.92 Å². The second-order valence-electron chi connectivity index (χ2n) is 6.08. The predicted octanol–water partition coefficient (Wildman–Crippen LogP) is 5.92. The first-order chi connectivity index (χ1) is 13.1. The molecule has 4 rings (SSSR count). The number of hydrogen-bond acceptors (Lipinski definition) is 3. The summed E-state index contributed by atoms with van der Waals surface area (Å²) in [6, 6.07) is 21.3. The molecule has 6 heteroatoms. The molecule has 0 radical (unpaired) electrons. The minimum absolute atomic E-state index is 0.210. The molecule has 0 atom stereocenters. The maximum absolute atomic E-state index is 13.0. The van der Waals surface area contributed by atoms with Gasteiger partial charge in [-0.15, -0.1) is 11.3 Å². The number of rotatable bonds is 4. The zero-order chi connectivity index (χ0) is 18.8. The Labute approximate surface area is 169 Å². The minimum atomic E-state index is -0.210. The van der Waals surface area contributed by atoms with Crippen molar-refractivity contribution in [1.82, 2.24) is 9.78 Å². The molecule has 0 saturated carbocycles. The lowest BCUT2D eigenvalue weighted by Gasteiger charge is -2.10. The van der Waals surface area contributed by atoms with Crippen LogP contribution in [0.15, 0.2) is 76.6 Å². The predicted molar refractivity (Wildman–Crippen MR) is 114 cm³/mol. The van der Waals surface area contributed by atoms with Crippen LogP contribution in [0.4, 0.5) is 5.69 Å². The van der Waals surface area contributed by atoms with E-state index in [1.807, 2.05) is 79.0 Å². The second-order valence-corrected chi connectivity index (χ2v) is 7.88. The van der Waals surface area contributed by atoms with Crippen LogP contribution >= 0.6 is 27.3 Å². The quantitative estimate of drug-likeness (QED) is 0.430. The summed E-state index contributed by atoms with van der Waals surface area (Å²) < 4.78 is 2.53. The molecular formula is C21H16BrN3OS. The molecule has 2 heterocycles. The Balaban J connectivity index is 1.75. The normalized spacial score (nSPS) is 10.7. The summed E-state index contributed by atoms with van der Waals surface area (Å²) in [6.07, 6.45) is 0. The summed E-state index contributed by atoms with van der Waals surface area (Å²) >= 11 is 5.11. The molecule has 1 amide bonds. The molecule has 0 unspecified atom stereocenters. The van der Waals surface area contributed by atoms with E-state index in [9.17, 15) is 4.79 Å². The summed E-state index contributed by atoms with van der Waals surface area (Å²) in [7, 11) is 0. The van der Waals surface area contributed by atoms with E-state index in [2.05, 4.69) is 26.3 Å². The van der Waals surface area contributed by atoms with Crippen LogP contribution in [0.2, 0.25) is 0 Å². The maximum Gasteiger partial charge on any atom is 0.274 e. The number of para-hydroxylation sites is 1. The van der Waals surface area contributed by atoms with Crippen LogP contribution in [0.1, 0.15) is 16.1 Å². The van der Waals surface area contributed by atoms with Crippen LogP contribution in [-0.4, -0.2) is 15.7 Å². The van der Waals surface area contributed by atoms with Crippen molar-refractivity contribution in [2.45, 2.75) is 6.92 Å². The first-order valence-corrected chi connectivity index (χ1v) is 10.1. The number of nitrogens with one attached hydrogen (secondary N) is 1. The number of aryl methyl sites for hydroxylation is 1. The van der Waals surface area contributed by atoms with Crippen LogP contribution in [0.3, 0.4) is 0 Å². The SMILES string of the molecule is Cc1ccc(NC(=O)c2cc(-c3cccs3)nn2-c2ccccc2)c(Br)c1. The second kappa shape index (κ2) is 7.50. The van der Waals surface area contributed by atoms with Gasteiger partial charge in [0.05, 0.1) is 16.3 Å². The van der Waals surface area contributed by atoms with Crippen molar-refractivity contribution in [1.29, 1.82) is 0 Å². The first-order valence-electron chi connectivity index (χ1n) is 8.39. The van der Waals surface area contributed by atoms with Crippen molar-refractivity contribution in [3.8, 4) is 16.3 Å². The van der Waals surface area contributed by atoms with E-state index in [1.54, 1.807) is 16.0 Å². The molecule has 2 aromatic heterocycles. The van der Waals surface area contributed by atoms with E-state index in [-0.39, 0.29) is 5.91 Å². The molecule has 0 aliphatic heterocycles. The van der Waals surface area contributed by atoms with Gasteiger partial charge in [0.15, 0.2) is 0 Å². The summed E-state index contributed by atoms with van der Waals surface area (Å²) in [5, 5.41) is 9.66. The van der Waals surface area contributed by atoms with Gasteiger partial charge < -0.3 is 5.32 Å². The number of carbonyl (C=O) groups excluding carboxylic acids is 1. The molecule has 0 saturated heterocycles. The third kappa shape index (κ3) is 3.72. The van der Waals surface area contributed by atoms with Gasteiger partial charge in [0, 0.05) is 4.47 Å². The first kappa shape index (κ1) is 17.7. The number of anilines is 1. The Morgan fingerprint density at radius 1 is 1.07 bits per heavy atom. The molecule has 134 valence electrons. The van der Waals surface area contributed by atoms with Gasteiger partial charge in [-0.05, 0) is 70.2 Å². The Morgan fingerprint density at radius 2 is 1.89 bits per heavy atom. The number of amides is 1. The molecule has 0 aliphatic carbocycles. The fraction of sp³-hybridized carbons (Fsp3) is 0.0476. The Kier molecular flexibility index (Phi) is 4.92. The van der Waals surface area contributed by atoms with E-state index in [0.29, 0.717) is 5.69 Å². The van der Waals surface area contributed by atoms with Gasteiger partial charge in [0.1, 0.15) is 11.4 Å². The highest BCUT2D eigenvalue weighted by Crippen LogP contribution is 2.28. The minimum Gasteiger partial charge on any atom is -0.320 e. The molecule has 0 spiro atoms. The molecule has 2 aromatic carbocycles. The van der Waals surface area contributed by atoms with Crippen molar-refractivity contribution in [2.24, 2.45) is 0 Å². The molecule has 4 aromatic rings. The highest BCUT2D eigenvalue weighted by atomic mass is 79.9. The Hall–Kier alpha value is -2.70. The number of benzene rings is 2. The standard InChI is InChI=1S/C21H16BrN3OS/c1-14-9-10-17(16(22)12-14)23-21(26)19-13-18(20-8-5-11-27-20)24-25(19)15-6-3-2-4-7-15/h2-13H,1H3,(H,23,26). The van der Waals surface area contributed by atoms with Crippen LogP contribution in [-0.2, 0) is 0 Å².